The number of pyridine rings is 1. The van der Waals surface area contributed by atoms with Gasteiger partial charge in [0, 0.05) is 6.20 Å². The fraction of sp³-hybridized carbons (Fsp3) is 0.450. The second kappa shape index (κ2) is 7.94. The molecule has 1 unspecified atom stereocenters. The maximum absolute atomic E-state index is 13.5. The van der Waals surface area contributed by atoms with Gasteiger partial charge in [0.1, 0.15) is 0 Å². The van der Waals surface area contributed by atoms with Gasteiger partial charge in [0.15, 0.2) is 20.0 Å². The van der Waals surface area contributed by atoms with Gasteiger partial charge in [-0.2, -0.15) is 0 Å². The van der Waals surface area contributed by atoms with Gasteiger partial charge in [-0.15, -0.1) is 0 Å². The average molecular weight is 379 g/mol. The number of aromatic nitrogens is 1. The normalized spacial score (nSPS) is 13.7. The van der Waals surface area contributed by atoms with Crippen LogP contribution in [0.1, 0.15) is 43.6 Å². The molecular formula is C20H28F2N2OSi. The molecule has 6 heteroatoms. The van der Waals surface area contributed by atoms with Crippen LogP contribution in [-0.4, -0.2) is 20.3 Å². The molecule has 0 fully saturated rings. The van der Waals surface area contributed by atoms with Crippen LogP contribution in [0.2, 0.25) is 18.1 Å². The van der Waals surface area contributed by atoms with E-state index in [-0.39, 0.29) is 11.1 Å². The standard InChI is InChI=1S/C20H28F2N2OSi/c1-20(2,3)26(5,6)25-13-14-7-10-18(24-12-14)19(23-4)15-8-9-16(21)17(22)11-15/h7-12,19,23H,13H2,1-6H3. The summed E-state index contributed by atoms with van der Waals surface area (Å²) in [5, 5.41) is 3.26. The first kappa shape index (κ1) is 20.7. The lowest BCUT2D eigenvalue weighted by atomic mass is 10.0. The van der Waals surface area contributed by atoms with E-state index in [0.29, 0.717) is 12.2 Å². The van der Waals surface area contributed by atoms with E-state index in [9.17, 15) is 8.78 Å². The van der Waals surface area contributed by atoms with Gasteiger partial charge in [-0.1, -0.05) is 32.9 Å². The van der Waals surface area contributed by atoms with Gasteiger partial charge in [0.25, 0.3) is 0 Å². The molecule has 2 aromatic rings. The summed E-state index contributed by atoms with van der Waals surface area (Å²) in [6.07, 6.45) is 1.78. The molecule has 1 aromatic carbocycles. The molecule has 26 heavy (non-hydrogen) atoms. The molecule has 1 N–H and O–H groups in total. The van der Waals surface area contributed by atoms with Crippen molar-refractivity contribution in [1.29, 1.82) is 0 Å². The highest BCUT2D eigenvalue weighted by molar-refractivity contribution is 6.74. The lowest BCUT2D eigenvalue weighted by molar-refractivity contribution is 0.276. The predicted molar refractivity (Wildman–Crippen MR) is 103 cm³/mol. The van der Waals surface area contributed by atoms with Crippen molar-refractivity contribution in [2.45, 2.75) is 51.6 Å². The van der Waals surface area contributed by atoms with E-state index in [1.807, 2.05) is 12.1 Å². The molecule has 0 aliphatic carbocycles. The zero-order chi connectivity index (χ0) is 19.5. The number of hydrogen-bond acceptors (Lipinski definition) is 3. The van der Waals surface area contributed by atoms with Gasteiger partial charge in [0.05, 0.1) is 18.3 Å². The Hall–Kier alpha value is -1.63. The van der Waals surface area contributed by atoms with Crippen molar-refractivity contribution < 1.29 is 13.2 Å². The molecule has 142 valence electrons. The number of benzene rings is 1. The highest BCUT2D eigenvalue weighted by Crippen LogP contribution is 2.37. The van der Waals surface area contributed by atoms with Gasteiger partial charge >= 0.3 is 0 Å². The summed E-state index contributed by atoms with van der Waals surface area (Å²) in [7, 11) is -0.0457. The van der Waals surface area contributed by atoms with Crippen molar-refractivity contribution in [2.24, 2.45) is 0 Å². The fourth-order valence-corrected chi connectivity index (χ4v) is 3.31. The summed E-state index contributed by atoms with van der Waals surface area (Å²) < 4.78 is 32.9. The molecule has 0 spiro atoms. The van der Waals surface area contributed by atoms with E-state index < -0.39 is 20.0 Å². The summed E-state index contributed by atoms with van der Waals surface area (Å²) in [5.74, 6) is -1.71. The summed E-state index contributed by atoms with van der Waals surface area (Å²) in [5.41, 5.74) is 2.37. The lowest BCUT2D eigenvalue weighted by Gasteiger charge is -2.36. The molecule has 0 aliphatic rings. The number of halogens is 2. The van der Waals surface area contributed by atoms with Crippen LogP contribution in [0.4, 0.5) is 8.78 Å². The van der Waals surface area contributed by atoms with Crippen molar-refractivity contribution in [3.05, 3.63) is 65.0 Å². The molecule has 0 radical (unpaired) electrons. The zero-order valence-electron chi connectivity index (χ0n) is 16.4. The Morgan fingerprint density at radius 2 is 1.81 bits per heavy atom. The average Bonchev–Trinajstić information content (AvgIpc) is 2.57. The van der Waals surface area contributed by atoms with E-state index in [1.165, 1.54) is 6.07 Å². The Kier molecular flexibility index (Phi) is 6.32. The minimum atomic E-state index is -1.81. The molecule has 1 heterocycles. The summed E-state index contributed by atoms with van der Waals surface area (Å²) in [4.78, 5) is 4.50. The van der Waals surface area contributed by atoms with Crippen LogP contribution in [0.15, 0.2) is 36.5 Å². The predicted octanol–water partition coefficient (Wildman–Crippen LogP) is 5.19. The van der Waals surface area contributed by atoms with Crippen LogP contribution in [0.5, 0.6) is 0 Å². The minimum Gasteiger partial charge on any atom is -0.413 e. The third kappa shape index (κ3) is 4.75. The minimum absolute atomic E-state index is 0.157. The third-order valence-corrected chi connectivity index (χ3v) is 9.59. The van der Waals surface area contributed by atoms with E-state index in [4.69, 9.17) is 4.43 Å². The maximum atomic E-state index is 13.5. The summed E-state index contributed by atoms with van der Waals surface area (Å²) in [6.45, 7) is 11.6. The monoisotopic (exact) mass is 378 g/mol. The van der Waals surface area contributed by atoms with Gasteiger partial charge in [0.2, 0.25) is 0 Å². The fourth-order valence-electron chi connectivity index (χ4n) is 2.35. The van der Waals surface area contributed by atoms with Crippen LogP contribution in [0.25, 0.3) is 0 Å². The highest BCUT2D eigenvalue weighted by atomic mass is 28.4. The van der Waals surface area contributed by atoms with Crippen LogP contribution in [0.3, 0.4) is 0 Å². The zero-order valence-corrected chi connectivity index (χ0v) is 17.4. The number of rotatable bonds is 6. The van der Waals surface area contributed by atoms with Crippen molar-refractivity contribution in [2.75, 3.05) is 7.05 Å². The molecule has 0 saturated heterocycles. The van der Waals surface area contributed by atoms with Crippen LogP contribution in [-0.2, 0) is 11.0 Å². The molecule has 2 rings (SSSR count). The Morgan fingerprint density at radius 3 is 2.31 bits per heavy atom. The van der Waals surface area contributed by atoms with Crippen LogP contribution < -0.4 is 5.32 Å². The topological polar surface area (TPSA) is 34.1 Å². The van der Waals surface area contributed by atoms with E-state index in [1.54, 1.807) is 19.3 Å². The molecule has 3 nitrogen and oxygen atoms in total. The number of hydrogen-bond donors (Lipinski definition) is 1. The molecule has 0 bridgehead atoms. The Morgan fingerprint density at radius 1 is 1.12 bits per heavy atom. The molecule has 0 amide bonds. The quantitative estimate of drug-likeness (QED) is 0.702. The first-order valence-corrected chi connectivity index (χ1v) is 11.7. The lowest BCUT2D eigenvalue weighted by Crippen LogP contribution is -2.40. The first-order valence-electron chi connectivity index (χ1n) is 8.76. The van der Waals surface area contributed by atoms with Crippen LogP contribution in [0, 0.1) is 11.6 Å². The Balaban J connectivity index is 2.13. The molecule has 0 saturated carbocycles. The second-order valence-electron chi connectivity index (χ2n) is 8.04. The first-order chi connectivity index (χ1) is 12.0. The van der Waals surface area contributed by atoms with Crippen molar-refractivity contribution >= 4 is 8.32 Å². The van der Waals surface area contributed by atoms with Gasteiger partial charge in [-0.3, -0.25) is 4.98 Å². The van der Waals surface area contributed by atoms with Crippen LogP contribution >= 0.6 is 0 Å². The number of nitrogens with one attached hydrogen (secondary N) is 1. The third-order valence-electron chi connectivity index (χ3n) is 5.11. The summed E-state index contributed by atoms with van der Waals surface area (Å²) in [6, 6.07) is 7.46. The number of nitrogens with zero attached hydrogens (tertiary/aromatic N) is 1. The SMILES string of the molecule is CNC(c1ccc(F)c(F)c1)c1ccc(CO[Si](C)(C)C(C)(C)C)cn1. The van der Waals surface area contributed by atoms with E-state index >= 15 is 0 Å². The smallest absolute Gasteiger partial charge is 0.192 e. The van der Waals surface area contributed by atoms with Gasteiger partial charge in [-0.05, 0) is 54.5 Å². The highest BCUT2D eigenvalue weighted by Gasteiger charge is 2.37. The Bertz CT molecular complexity index is 742. The molecule has 0 aliphatic heterocycles. The Labute approximate surface area is 155 Å². The molecular weight excluding hydrogens is 350 g/mol. The molecule has 1 aromatic heterocycles. The summed E-state index contributed by atoms with van der Waals surface area (Å²) >= 11 is 0. The molecule has 1 atom stereocenters. The largest absolute Gasteiger partial charge is 0.413 e. The van der Waals surface area contributed by atoms with Crippen molar-refractivity contribution in [3.63, 3.8) is 0 Å². The van der Waals surface area contributed by atoms with Crippen molar-refractivity contribution in [1.82, 2.24) is 10.3 Å². The van der Waals surface area contributed by atoms with E-state index in [2.05, 4.69) is 44.2 Å². The van der Waals surface area contributed by atoms with Crippen molar-refractivity contribution in [3.8, 4) is 0 Å². The maximum Gasteiger partial charge on any atom is 0.192 e. The van der Waals surface area contributed by atoms with E-state index in [0.717, 1.165) is 17.3 Å². The van der Waals surface area contributed by atoms with Gasteiger partial charge in [-0.25, -0.2) is 8.78 Å². The van der Waals surface area contributed by atoms with Gasteiger partial charge < -0.3 is 9.74 Å². The second-order valence-corrected chi connectivity index (χ2v) is 12.8.